The number of allylic oxidation sites excluding steroid dienone is 1. The normalized spacial score (nSPS) is 14.7. The molecular weight excluding hydrogens is 438 g/mol. The molecule has 1 atom stereocenters. The molecule has 2 aromatic rings. The van der Waals surface area contributed by atoms with Gasteiger partial charge in [-0.2, -0.15) is 0 Å². The van der Waals surface area contributed by atoms with Crippen molar-refractivity contribution in [3.8, 4) is 5.75 Å². The average molecular weight is 470 g/mol. The van der Waals surface area contributed by atoms with Gasteiger partial charge in [-0.05, 0) is 61.2 Å². The average Bonchev–Trinajstić information content (AvgIpc) is 2.79. The minimum Gasteiger partial charge on any atom is -0.495 e. The Morgan fingerprint density at radius 2 is 2.03 bits per heavy atom. The van der Waals surface area contributed by atoms with Gasteiger partial charge in [0.05, 0.1) is 29.5 Å². The Kier molecular flexibility index (Phi) is 7.94. The van der Waals surface area contributed by atoms with Gasteiger partial charge in [0.15, 0.2) is 9.84 Å². The number of ether oxygens (including phenoxy) is 1. The molecule has 0 saturated carbocycles. The fourth-order valence-electron chi connectivity index (χ4n) is 3.87. The summed E-state index contributed by atoms with van der Waals surface area (Å²) in [6.45, 7) is 9.16. The SMILES string of the molecule is C=C/C(=C\C)C(C)NC(=O)Nc1ccc(S(=O)(=O)Cc2ccc3c(c2)CCNC3)cc1OC. The Balaban J connectivity index is 1.75. The van der Waals surface area contributed by atoms with E-state index >= 15 is 0 Å². The topological polar surface area (TPSA) is 96.5 Å². The summed E-state index contributed by atoms with van der Waals surface area (Å²) in [7, 11) is -2.16. The summed E-state index contributed by atoms with van der Waals surface area (Å²) in [6.07, 6.45) is 4.45. The fourth-order valence-corrected chi connectivity index (χ4v) is 5.22. The molecule has 2 aromatic carbocycles. The van der Waals surface area contributed by atoms with E-state index in [9.17, 15) is 13.2 Å². The predicted octanol–water partition coefficient (Wildman–Crippen LogP) is 3.96. The maximum atomic E-state index is 13.1. The molecular formula is C25H31N3O4S. The van der Waals surface area contributed by atoms with Crippen LogP contribution in [0.4, 0.5) is 10.5 Å². The van der Waals surface area contributed by atoms with Crippen LogP contribution in [0.3, 0.4) is 0 Å². The van der Waals surface area contributed by atoms with Crippen molar-refractivity contribution in [1.82, 2.24) is 10.6 Å². The van der Waals surface area contributed by atoms with E-state index in [0.717, 1.165) is 30.6 Å². The number of amides is 2. The second kappa shape index (κ2) is 10.7. The smallest absolute Gasteiger partial charge is 0.319 e. The number of nitrogens with one attached hydrogen (secondary N) is 3. The van der Waals surface area contributed by atoms with Crippen LogP contribution in [0, 0.1) is 0 Å². The first-order chi connectivity index (χ1) is 15.8. The van der Waals surface area contributed by atoms with Crippen molar-refractivity contribution < 1.29 is 17.9 Å². The minimum absolute atomic E-state index is 0.102. The molecule has 0 fully saturated rings. The molecule has 176 valence electrons. The lowest BCUT2D eigenvalue weighted by Crippen LogP contribution is -2.37. The molecule has 0 aliphatic carbocycles. The van der Waals surface area contributed by atoms with E-state index in [1.54, 1.807) is 12.1 Å². The molecule has 0 saturated heterocycles. The van der Waals surface area contributed by atoms with E-state index in [2.05, 4.69) is 22.5 Å². The summed E-state index contributed by atoms with van der Waals surface area (Å²) < 4.78 is 31.5. The van der Waals surface area contributed by atoms with Gasteiger partial charge in [-0.25, -0.2) is 13.2 Å². The largest absolute Gasteiger partial charge is 0.495 e. The third-order valence-corrected chi connectivity index (χ3v) is 7.40. The van der Waals surface area contributed by atoms with E-state index in [-0.39, 0.29) is 22.4 Å². The van der Waals surface area contributed by atoms with Crippen molar-refractivity contribution in [1.29, 1.82) is 0 Å². The molecule has 7 nitrogen and oxygen atoms in total. The third-order valence-electron chi connectivity index (χ3n) is 5.71. The van der Waals surface area contributed by atoms with Crippen LogP contribution in [-0.2, 0) is 28.6 Å². The van der Waals surface area contributed by atoms with Crippen LogP contribution in [0.2, 0.25) is 0 Å². The van der Waals surface area contributed by atoms with Gasteiger partial charge in [0.2, 0.25) is 0 Å². The first-order valence-electron chi connectivity index (χ1n) is 10.9. The number of sulfone groups is 1. The van der Waals surface area contributed by atoms with E-state index in [1.807, 2.05) is 38.1 Å². The summed E-state index contributed by atoms with van der Waals surface area (Å²) in [4.78, 5) is 12.5. The standard InChI is InChI=1S/C25H31N3O4S/c1-5-19(6-2)17(3)27-25(29)28-23-10-9-22(14-24(23)32-4)33(30,31)16-18-7-8-21-15-26-12-11-20(21)13-18/h5-10,13-14,17,26H,1,11-12,15-16H2,2-4H3,(H2,27,28,29)/b19-6+. The number of benzene rings is 2. The molecule has 1 aliphatic rings. The number of rotatable bonds is 8. The van der Waals surface area contributed by atoms with Gasteiger partial charge in [-0.15, -0.1) is 0 Å². The maximum Gasteiger partial charge on any atom is 0.319 e. The van der Waals surface area contributed by atoms with Crippen LogP contribution in [0.15, 0.2) is 65.6 Å². The second-order valence-electron chi connectivity index (χ2n) is 7.96. The van der Waals surface area contributed by atoms with Crippen molar-refractivity contribution in [2.24, 2.45) is 0 Å². The van der Waals surface area contributed by atoms with Gasteiger partial charge in [-0.1, -0.05) is 36.9 Å². The number of hydrogen-bond acceptors (Lipinski definition) is 5. The summed E-state index contributed by atoms with van der Waals surface area (Å²) in [5.41, 5.74) is 4.42. The first kappa shape index (κ1) is 24.5. The van der Waals surface area contributed by atoms with Crippen LogP contribution < -0.4 is 20.7 Å². The Hall–Kier alpha value is -3.10. The van der Waals surface area contributed by atoms with Gasteiger partial charge in [0, 0.05) is 12.6 Å². The number of anilines is 1. The summed E-state index contributed by atoms with van der Waals surface area (Å²) in [5, 5.41) is 8.85. The Labute approximate surface area is 195 Å². The number of carbonyl (C=O) groups excluding carboxylic acids is 1. The van der Waals surface area contributed by atoms with Crippen LogP contribution >= 0.6 is 0 Å². The number of hydrogen-bond donors (Lipinski definition) is 3. The molecule has 8 heteroatoms. The lowest BCUT2D eigenvalue weighted by Gasteiger charge is -2.18. The van der Waals surface area contributed by atoms with Crippen LogP contribution in [-0.4, -0.2) is 34.1 Å². The number of fused-ring (bicyclic) bond motifs is 1. The zero-order valence-corrected chi connectivity index (χ0v) is 20.1. The van der Waals surface area contributed by atoms with Crippen LogP contribution in [0.5, 0.6) is 5.75 Å². The molecule has 2 amide bonds. The van der Waals surface area contributed by atoms with E-state index < -0.39 is 15.9 Å². The van der Waals surface area contributed by atoms with Gasteiger partial charge in [-0.3, -0.25) is 0 Å². The molecule has 0 aromatic heterocycles. The van der Waals surface area contributed by atoms with Crippen molar-refractivity contribution in [2.75, 3.05) is 19.0 Å². The molecule has 0 radical (unpaired) electrons. The van der Waals surface area contributed by atoms with E-state index in [1.165, 1.54) is 30.4 Å². The monoisotopic (exact) mass is 469 g/mol. The van der Waals surface area contributed by atoms with E-state index in [0.29, 0.717) is 5.69 Å². The number of methoxy groups -OCH3 is 1. The lowest BCUT2D eigenvalue weighted by atomic mass is 9.99. The summed E-state index contributed by atoms with van der Waals surface area (Å²) in [6, 6.07) is 9.65. The van der Waals surface area contributed by atoms with Crippen LogP contribution in [0.25, 0.3) is 0 Å². The zero-order chi connectivity index (χ0) is 24.0. The highest BCUT2D eigenvalue weighted by Crippen LogP contribution is 2.29. The van der Waals surface area contributed by atoms with Gasteiger partial charge in [0.1, 0.15) is 5.75 Å². The highest BCUT2D eigenvalue weighted by atomic mass is 32.2. The second-order valence-corrected chi connectivity index (χ2v) is 9.95. The van der Waals surface area contributed by atoms with Crippen molar-refractivity contribution in [3.05, 3.63) is 77.4 Å². The molecule has 33 heavy (non-hydrogen) atoms. The fraction of sp³-hybridized carbons (Fsp3) is 0.320. The molecule has 1 unspecified atom stereocenters. The van der Waals surface area contributed by atoms with Gasteiger partial charge >= 0.3 is 6.03 Å². The highest BCUT2D eigenvalue weighted by molar-refractivity contribution is 7.90. The number of carbonyl (C=O) groups is 1. The Morgan fingerprint density at radius 1 is 1.24 bits per heavy atom. The van der Waals surface area contributed by atoms with Crippen molar-refractivity contribution >= 4 is 21.6 Å². The maximum absolute atomic E-state index is 13.1. The molecule has 1 heterocycles. The summed E-state index contributed by atoms with van der Waals surface area (Å²) >= 11 is 0. The first-order valence-corrected chi connectivity index (χ1v) is 12.5. The molecule has 3 rings (SSSR count). The lowest BCUT2D eigenvalue weighted by molar-refractivity contribution is 0.250. The predicted molar refractivity (Wildman–Crippen MR) is 131 cm³/mol. The summed E-state index contributed by atoms with van der Waals surface area (Å²) in [5.74, 6) is 0.167. The van der Waals surface area contributed by atoms with Gasteiger partial charge in [0.25, 0.3) is 0 Å². The van der Waals surface area contributed by atoms with Crippen molar-refractivity contribution in [3.63, 3.8) is 0 Å². The molecule has 1 aliphatic heterocycles. The Morgan fingerprint density at radius 3 is 2.73 bits per heavy atom. The zero-order valence-electron chi connectivity index (χ0n) is 19.3. The molecule has 3 N–H and O–H groups in total. The molecule has 0 bridgehead atoms. The van der Waals surface area contributed by atoms with Crippen LogP contribution in [0.1, 0.15) is 30.5 Å². The van der Waals surface area contributed by atoms with Gasteiger partial charge < -0.3 is 20.7 Å². The third kappa shape index (κ3) is 6.03. The van der Waals surface area contributed by atoms with Crippen molar-refractivity contribution in [2.45, 2.75) is 43.5 Å². The quantitative estimate of drug-likeness (QED) is 0.509. The minimum atomic E-state index is -3.60. The molecule has 0 spiro atoms. The van der Waals surface area contributed by atoms with E-state index in [4.69, 9.17) is 4.74 Å². The number of urea groups is 1. The highest BCUT2D eigenvalue weighted by Gasteiger charge is 2.20. The Bertz CT molecular complexity index is 1170.